The normalized spacial score (nSPS) is 21.7. The van der Waals surface area contributed by atoms with E-state index < -0.39 is 0 Å². The highest BCUT2D eigenvalue weighted by Crippen LogP contribution is 2.31. The molecular weight excluding hydrogens is 313 g/mol. The van der Waals surface area contributed by atoms with E-state index in [1.165, 1.54) is 17.0 Å². The number of halogens is 1. The first-order chi connectivity index (χ1) is 7.72. The molecule has 0 saturated carbocycles. The van der Waals surface area contributed by atoms with E-state index in [0.717, 1.165) is 24.9 Å². The summed E-state index contributed by atoms with van der Waals surface area (Å²) in [6.07, 6.45) is 4.40. The second kappa shape index (κ2) is 5.36. The van der Waals surface area contributed by atoms with E-state index in [1.54, 1.807) is 0 Å². The molecule has 1 aromatic rings. The van der Waals surface area contributed by atoms with Crippen LogP contribution in [0.2, 0.25) is 0 Å². The van der Waals surface area contributed by atoms with Gasteiger partial charge in [-0.1, -0.05) is 47.7 Å². The first kappa shape index (κ1) is 12.2. The summed E-state index contributed by atoms with van der Waals surface area (Å²) in [6.45, 7) is 2.20. The number of para-hydroxylation sites is 1. The molecule has 2 nitrogen and oxygen atoms in total. The molecule has 1 aromatic carbocycles. The van der Waals surface area contributed by atoms with Crippen LogP contribution in [0.3, 0.4) is 0 Å². The molecule has 3 heteroatoms. The Morgan fingerprint density at radius 3 is 3.00 bits per heavy atom. The Morgan fingerprint density at radius 1 is 1.50 bits per heavy atom. The average molecular weight is 331 g/mol. The minimum absolute atomic E-state index is 0.289. The maximum Gasteiger partial charge on any atom is 0.0669 e. The lowest BCUT2D eigenvalue weighted by Gasteiger charge is -2.34. The zero-order valence-electron chi connectivity index (χ0n) is 9.56. The second-order valence-corrected chi connectivity index (χ2v) is 6.17. The number of hydrogen-bond donors (Lipinski definition) is 1. The van der Waals surface area contributed by atoms with Crippen molar-refractivity contribution in [2.45, 2.75) is 42.6 Å². The molecule has 1 aliphatic heterocycles. The maximum atomic E-state index is 10.2. The number of hydroxylamine groups is 1. The van der Waals surface area contributed by atoms with Crippen LogP contribution in [0.5, 0.6) is 0 Å². The molecular formula is C13H18INO. The Balaban J connectivity index is 2.12. The molecule has 2 unspecified atom stereocenters. The van der Waals surface area contributed by atoms with Crippen LogP contribution < -0.4 is 5.06 Å². The predicted molar refractivity (Wildman–Crippen MR) is 75.5 cm³/mol. The minimum atomic E-state index is 0.289. The topological polar surface area (TPSA) is 23.5 Å². The standard InChI is InChI=1S/C13H18INO/c1-2-11(14)9-12-8-7-10-5-3-4-6-13(10)15(12)16/h3-6,11-12,16H,2,7-9H2,1H3. The van der Waals surface area contributed by atoms with Crippen molar-refractivity contribution in [3.05, 3.63) is 29.8 Å². The zero-order chi connectivity index (χ0) is 11.5. The van der Waals surface area contributed by atoms with Crippen LogP contribution >= 0.6 is 22.6 Å². The lowest BCUT2D eigenvalue weighted by molar-refractivity contribution is 0.196. The van der Waals surface area contributed by atoms with E-state index in [0.29, 0.717) is 3.92 Å². The third-order valence-electron chi connectivity index (χ3n) is 3.30. The van der Waals surface area contributed by atoms with Gasteiger partial charge in [-0.05, 0) is 37.3 Å². The van der Waals surface area contributed by atoms with E-state index in [9.17, 15) is 5.21 Å². The van der Waals surface area contributed by atoms with E-state index in [4.69, 9.17) is 0 Å². The van der Waals surface area contributed by atoms with Gasteiger partial charge in [0.15, 0.2) is 0 Å². The highest BCUT2D eigenvalue weighted by atomic mass is 127. The van der Waals surface area contributed by atoms with Crippen molar-refractivity contribution < 1.29 is 5.21 Å². The summed E-state index contributed by atoms with van der Waals surface area (Å²) in [6, 6.07) is 8.44. The number of alkyl halides is 1. The molecule has 0 fully saturated rings. The Bertz CT molecular complexity index is 356. The van der Waals surface area contributed by atoms with E-state index >= 15 is 0 Å². The molecule has 0 saturated heterocycles. The summed E-state index contributed by atoms with van der Waals surface area (Å²) >= 11 is 2.48. The molecule has 16 heavy (non-hydrogen) atoms. The molecule has 0 radical (unpaired) electrons. The molecule has 0 aliphatic carbocycles. The van der Waals surface area contributed by atoms with E-state index in [1.807, 2.05) is 18.2 Å². The summed E-state index contributed by atoms with van der Waals surface area (Å²) in [5.74, 6) is 0. The second-order valence-electron chi connectivity index (χ2n) is 4.41. The molecule has 0 bridgehead atoms. The SMILES string of the molecule is CCC(I)CC1CCc2ccccc2N1O. The Morgan fingerprint density at radius 2 is 2.25 bits per heavy atom. The summed E-state index contributed by atoms with van der Waals surface area (Å²) in [4.78, 5) is 0. The smallest absolute Gasteiger partial charge is 0.0669 e. The molecule has 2 atom stereocenters. The fraction of sp³-hybridized carbons (Fsp3) is 0.538. The first-order valence-corrected chi connectivity index (χ1v) is 7.17. The van der Waals surface area contributed by atoms with Gasteiger partial charge in [0.05, 0.1) is 11.7 Å². The van der Waals surface area contributed by atoms with Gasteiger partial charge in [-0.25, -0.2) is 0 Å². The van der Waals surface area contributed by atoms with Crippen LogP contribution in [0.15, 0.2) is 24.3 Å². The van der Waals surface area contributed by atoms with Crippen molar-refractivity contribution in [3.63, 3.8) is 0 Å². The number of nitrogens with zero attached hydrogens (tertiary/aromatic N) is 1. The largest absolute Gasteiger partial charge is 0.288 e. The number of aryl methyl sites for hydroxylation is 1. The van der Waals surface area contributed by atoms with Gasteiger partial charge in [0.1, 0.15) is 0 Å². The first-order valence-electron chi connectivity index (χ1n) is 5.92. The van der Waals surface area contributed by atoms with Gasteiger partial charge in [0.2, 0.25) is 0 Å². The summed E-state index contributed by atoms with van der Waals surface area (Å²) in [7, 11) is 0. The maximum absolute atomic E-state index is 10.2. The van der Waals surface area contributed by atoms with Gasteiger partial charge < -0.3 is 0 Å². The van der Waals surface area contributed by atoms with Crippen molar-refractivity contribution in [2.24, 2.45) is 0 Å². The molecule has 0 amide bonds. The summed E-state index contributed by atoms with van der Waals surface area (Å²) < 4.78 is 0.655. The van der Waals surface area contributed by atoms with Crippen LogP contribution in [-0.2, 0) is 6.42 Å². The van der Waals surface area contributed by atoms with Crippen molar-refractivity contribution in [1.29, 1.82) is 0 Å². The van der Waals surface area contributed by atoms with Crippen molar-refractivity contribution in [1.82, 2.24) is 0 Å². The molecule has 0 spiro atoms. The third-order valence-corrected chi connectivity index (χ3v) is 4.69. The zero-order valence-corrected chi connectivity index (χ0v) is 11.7. The molecule has 1 heterocycles. The molecule has 0 aromatic heterocycles. The van der Waals surface area contributed by atoms with E-state index in [2.05, 4.69) is 35.6 Å². The Labute approximate surface area is 111 Å². The molecule has 2 rings (SSSR count). The number of benzene rings is 1. The monoisotopic (exact) mass is 331 g/mol. The molecule has 1 aliphatic rings. The minimum Gasteiger partial charge on any atom is -0.288 e. The van der Waals surface area contributed by atoms with Crippen molar-refractivity contribution in [3.8, 4) is 0 Å². The summed E-state index contributed by atoms with van der Waals surface area (Å²) in [5, 5.41) is 11.7. The lowest BCUT2D eigenvalue weighted by Crippen LogP contribution is -2.38. The average Bonchev–Trinajstić information content (AvgIpc) is 2.33. The Hall–Kier alpha value is -0.290. The Kier molecular flexibility index (Phi) is 4.08. The molecule has 88 valence electrons. The highest BCUT2D eigenvalue weighted by molar-refractivity contribution is 14.1. The number of rotatable bonds is 3. The van der Waals surface area contributed by atoms with Crippen LogP contribution in [0.4, 0.5) is 5.69 Å². The fourth-order valence-corrected chi connectivity index (χ4v) is 2.85. The van der Waals surface area contributed by atoms with Gasteiger partial charge in [0.25, 0.3) is 0 Å². The number of fused-ring (bicyclic) bond motifs is 1. The number of anilines is 1. The molecule has 1 N–H and O–H groups in total. The lowest BCUT2D eigenvalue weighted by atomic mass is 9.94. The van der Waals surface area contributed by atoms with Gasteiger partial charge >= 0.3 is 0 Å². The van der Waals surface area contributed by atoms with Crippen LogP contribution in [0, 0.1) is 0 Å². The van der Waals surface area contributed by atoms with Gasteiger partial charge in [0, 0.05) is 3.92 Å². The quantitative estimate of drug-likeness (QED) is 0.673. The van der Waals surface area contributed by atoms with Crippen molar-refractivity contribution >= 4 is 28.3 Å². The van der Waals surface area contributed by atoms with E-state index in [-0.39, 0.29) is 6.04 Å². The van der Waals surface area contributed by atoms with Crippen LogP contribution in [-0.4, -0.2) is 15.2 Å². The van der Waals surface area contributed by atoms with Crippen molar-refractivity contribution in [2.75, 3.05) is 5.06 Å². The predicted octanol–water partition coefficient (Wildman–Crippen LogP) is 3.80. The van der Waals surface area contributed by atoms with Gasteiger partial charge in [-0.3, -0.25) is 10.3 Å². The third kappa shape index (κ3) is 2.51. The number of hydrogen-bond acceptors (Lipinski definition) is 2. The van der Waals surface area contributed by atoms with Crippen LogP contribution in [0.1, 0.15) is 31.7 Å². The van der Waals surface area contributed by atoms with Crippen LogP contribution in [0.25, 0.3) is 0 Å². The van der Waals surface area contributed by atoms with Gasteiger partial charge in [-0.2, -0.15) is 0 Å². The van der Waals surface area contributed by atoms with Gasteiger partial charge in [-0.15, -0.1) is 0 Å². The fourth-order valence-electron chi connectivity index (χ4n) is 2.27. The highest BCUT2D eigenvalue weighted by Gasteiger charge is 2.26. The summed E-state index contributed by atoms with van der Waals surface area (Å²) in [5.41, 5.74) is 2.27.